The fourth-order valence-corrected chi connectivity index (χ4v) is 3.67. The summed E-state index contributed by atoms with van der Waals surface area (Å²) in [5.74, 6) is -0.555. The van der Waals surface area contributed by atoms with Crippen molar-refractivity contribution in [1.29, 1.82) is 0 Å². The Morgan fingerprint density at radius 2 is 2.17 bits per heavy atom. The normalized spacial score (nSPS) is 15.5. The number of aryl methyl sites for hydroxylation is 2. The molecule has 2 heterocycles. The Kier molecular flexibility index (Phi) is 4.39. The zero-order valence-electron chi connectivity index (χ0n) is 13.2. The zero-order valence-corrected chi connectivity index (χ0v) is 14.0. The number of hydrogen-bond acceptors (Lipinski definition) is 5. The molecule has 0 saturated carbocycles. The van der Waals surface area contributed by atoms with Crippen molar-refractivity contribution >= 4 is 28.0 Å². The molecule has 0 spiro atoms. The number of anilines is 2. The van der Waals surface area contributed by atoms with Crippen LogP contribution in [0.5, 0.6) is 5.75 Å². The number of methoxy groups -OCH3 is 1. The van der Waals surface area contributed by atoms with Crippen LogP contribution in [-0.4, -0.2) is 18.2 Å². The maximum absolute atomic E-state index is 11.7. The number of benzene rings is 1. The average molecular weight is 329 g/mol. The van der Waals surface area contributed by atoms with Crippen molar-refractivity contribution in [3.8, 4) is 5.75 Å². The summed E-state index contributed by atoms with van der Waals surface area (Å²) < 4.78 is 4.73. The van der Waals surface area contributed by atoms with E-state index in [1.54, 1.807) is 6.07 Å². The topological polar surface area (TPSA) is 49.8 Å². The van der Waals surface area contributed by atoms with Gasteiger partial charge in [0.15, 0.2) is 4.88 Å². The standard InChI is InChI=1S/C18H19NO3S/c1-12-7-8-13-6-4-3-5-9-19(14(13)10-12)16-11-15(20)17(23-16)18(21)22-2/h5,7-11,20H,3-4,6H2,1-2H3/b9-5-. The largest absolute Gasteiger partial charge is 0.506 e. The van der Waals surface area contributed by atoms with Crippen LogP contribution in [0.25, 0.3) is 0 Å². The number of carbonyl (C=O) groups is 1. The van der Waals surface area contributed by atoms with Gasteiger partial charge in [-0.05, 0) is 43.4 Å². The van der Waals surface area contributed by atoms with E-state index in [4.69, 9.17) is 4.74 Å². The molecule has 0 atom stereocenters. The first-order valence-corrected chi connectivity index (χ1v) is 8.38. The van der Waals surface area contributed by atoms with Crippen molar-refractivity contribution in [3.63, 3.8) is 0 Å². The fraction of sp³-hybridized carbons (Fsp3) is 0.278. The summed E-state index contributed by atoms with van der Waals surface area (Å²) in [6, 6.07) is 8.04. The Bertz CT molecular complexity index is 764. The van der Waals surface area contributed by atoms with E-state index in [1.165, 1.54) is 29.6 Å². The second-order valence-corrected chi connectivity index (χ2v) is 6.60. The fourth-order valence-electron chi connectivity index (χ4n) is 2.70. The highest BCUT2D eigenvalue weighted by Crippen LogP contribution is 2.41. The van der Waals surface area contributed by atoms with E-state index < -0.39 is 5.97 Å². The number of carbonyl (C=O) groups excluding carboxylic acids is 1. The molecule has 1 aliphatic heterocycles. The van der Waals surface area contributed by atoms with E-state index in [9.17, 15) is 9.90 Å². The van der Waals surface area contributed by atoms with Gasteiger partial charge in [0, 0.05) is 18.0 Å². The van der Waals surface area contributed by atoms with Gasteiger partial charge in [-0.2, -0.15) is 0 Å². The van der Waals surface area contributed by atoms with Crippen LogP contribution in [0.2, 0.25) is 0 Å². The number of fused-ring (bicyclic) bond motifs is 1. The minimum Gasteiger partial charge on any atom is -0.506 e. The van der Waals surface area contributed by atoms with E-state index in [1.807, 2.05) is 11.1 Å². The number of nitrogens with zero attached hydrogens (tertiary/aromatic N) is 1. The van der Waals surface area contributed by atoms with Gasteiger partial charge in [0.25, 0.3) is 0 Å². The predicted molar refractivity (Wildman–Crippen MR) is 92.7 cm³/mol. The molecule has 4 nitrogen and oxygen atoms in total. The molecule has 1 aromatic carbocycles. The summed E-state index contributed by atoms with van der Waals surface area (Å²) in [5.41, 5.74) is 3.54. The number of esters is 1. The molecule has 23 heavy (non-hydrogen) atoms. The third-order valence-corrected chi connectivity index (χ3v) is 4.98. The molecule has 2 aromatic rings. The van der Waals surface area contributed by atoms with Crippen LogP contribution in [0.3, 0.4) is 0 Å². The Morgan fingerprint density at radius 1 is 1.35 bits per heavy atom. The molecule has 0 amide bonds. The first-order chi connectivity index (χ1) is 11.1. The van der Waals surface area contributed by atoms with Gasteiger partial charge >= 0.3 is 5.97 Å². The Morgan fingerprint density at radius 3 is 2.96 bits per heavy atom. The van der Waals surface area contributed by atoms with Crippen LogP contribution < -0.4 is 4.90 Å². The van der Waals surface area contributed by atoms with Gasteiger partial charge in [-0.1, -0.05) is 18.2 Å². The van der Waals surface area contributed by atoms with Crippen LogP contribution in [-0.2, 0) is 11.2 Å². The highest BCUT2D eigenvalue weighted by Gasteiger charge is 2.21. The third kappa shape index (κ3) is 3.10. The molecule has 1 aromatic heterocycles. The quantitative estimate of drug-likeness (QED) is 0.822. The molecular weight excluding hydrogens is 310 g/mol. The minimum atomic E-state index is -0.515. The smallest absolute Gasteiger partial charge is 0.351 e. The second-order valence-electron chi connectivity index (χ2n) is 5.57. The minimum absolute atomic E-state index is 0.0403. The molecule has 0 bridgehead atoms. The lowest BCUT2D eigenvalue weighted by Gasteiger charge is -2.24. The van der Waals surface area contributed by atoms with Gasteiger partial charge in [-0.15, -0.1) is 11.3 Å². The maximum atomic E-state index is 11.7. The van der Waals surface area contributed by atoms with Crippen molar-refractivity contribution in [2.24, 2.45) is 0 Å². The van der Waals surface area contributed by atoms with Gasteiger partial charge in [-0.3, -0.25) is 0 Å². The molecular formula is C18H19NO3S. The van der Waals surface area contributed by atoms with E-state index in [0.717, 1.165) is 30.0 Å². The number of aromatic hydroxyl groups is 1. The van der Waals surface area contributed by atoms with Crippen molar-refractivity contribution in [2.45, 2.75) is 26.2 Å². The van der Waals surface area contributed by atoms with E-state index in [-0.39, 0.29) is 10.6 Å². The summed E-state index contributed by atoms with van der Waals surface area (Å²) in [4.78, 5) is 14.0. The van der Waals surface area contributed by atoms with E-state index in [0.29, 0.717) is 0 Å². The monoisotopic (exact) mass is 329 g/mol. The van der Waals surface area contributed by atoms with Crippen molar-refractivity contribution in [3.05, 3.63) is 52.5 Å². The first-order valence-electron chi connectivity index (χ1n) is 7.56. The molecule has 0 saturated heterocycles. The van der Waals surface area contributed by atoms with Gasteiger partial charge < -0.3 is 14.7 Å². The van der Waals surface area contributed by atoms with Crippen molar-refractivity contribution in [1.82, 2.24) is 0 Å². The third-order valence-electron chi connectivity index (χ3n) is 3.88. The number of rotatable bonds is 2. The number of thiophene rings is 1. The Balaban J connectivity index is 2.09. The summed E-state index contributed by atoms with van der Waals surface area (Å²) in [7, 11) is 1.32. The van der Waals surface area contributed by atoms with Crippen LogP contribution in [0.4, 0.5) is 10.7 Å². The van der Waals surface area contributed by atoms with Crippen LogP contribution in [0.1, 0.15) is 33.6 Å². The summed E-state index contributed by atoms with van der Waals surface area (Å²) in [6.07, 6.45) is 7.27. The summed E-state index contributed by atoms with van der Waals surface area (Å²) in [6.45, 7) is 2.06. The lowest BCUT2D eigenvalue weighted by atomic mass is 10.0. The lowest BCUT2D eigenvalue weighted by molar-refractivity contribution is 0.0603. The van der Waals surface area contributed by atoms with Crippen molar-refractivity contribution in [2.75, 3.05) is 12.0 Å². The van der Waals surface area contributed by atoms with Gasteiger partial charge in [0.05, 0.1) is 7.11 Å². The van der Waals surface area contributed by atoms with Gasteiger partial charge in [0.2, 0.25) is 0 Å². The summed E-state index contributed by atoms with van der Waals surface area (Å²) in [5, 5.41) is 10.8. The Labute approximate surface area is 139 Å². The molecule has 3 rings (SSSR count). The SMILES string of the molecule is COC(=O)c1sc(N2/C=C\CCCc3ccc(C)cc32)cc1O. The molecule has 5 heteroatoms. The van der Waals surface area contributed by atoms with E-state index >= 15 is 0 Å². The molecule has 0 aliphatic carbocycles. The Hall–Kier alpha value is -2.27. The number of hydrogen-bond donors (Lipinski definition) is 1. The molecule has 0 fully saturated rings. The highest BCUT2D eigenvalue weighted by molar-refractivity contribution is 7.18. The van der Waals surface area contributed by atoms with E-state index in [2.05, 4.69) is 31.2 Å². The van der Waals surface area contributed by atoms with Crippen molar-refractivity contribution < 1.29 is 14.6 Å². The molecule has 1 aliphatic rings. The predicted octanol–water partition coefficient (Wildman–Crippen LogP) is 4.54. The van der Waals surface area contributed by atoms with Crippen LogP contribution in [0.15, 0.2) is 36.5 Å². The molecule has 0 radical (unpaired) electrons. The number of ether oxygens (including phenoxy) is 1. The molecule has 1 N–H and O–H groups in total. The zero-order chi connectivity index (χ0) is 16.4. The molecule has 120 valence electrons. The number of allylic oxidation sites excluding steroid dienone is 1. The summed E-state index contributed by atoms with van der Waals surface area (Å²) >= 11 is 1.23. The average Bonchev–Trinajstić information content (AvgIpc) is 2.90. The van der Waals surface area contributed by atoms with Gasteiger partial charge in [0.1, 0.15) is 10.8 Å². The lowest BCUT2D eigenvalue weighted by Crippen LogP contribution is -2.11. The highest BCUT2D eigenvalue weighted by atomic mass is 32.1. The van der Waals surface area contributed by atoms with Crippen LogP contribution >= 0.6 is 11.3 Å². The first kappa shape index (κ1) is 15.6. The second kappa shape index (κ2) is 6.46. The van der Waals surface area contributed by atoms with Gasteiger partial charge in [-0.25, -0.2) is 4.79 Å². The van der Waals surface area contributed by atoms with Crippen LogP contribution in [0, 0.1) is 6.92 Å². The maximum Gasteiger partial charge on any atom is 0.351 e. The molecule has 0 unspecified atom stereocenters.